The van der Waals surface area contributed by atoms with Crippen molar-refractivity contribution in [2.45, 2.75) is 44.2 Å². The van der Waals surface area contributed by atoms with Gasteiger partial charge in [-0.05, 0) is 47.7 Å². The van der Waals surface area contributed by atoms with Crippen LogP contribution < -0.4 is 5.32 Å². The fourth-order valence-electron chi connectivity index (χ4n) is 3.18. The Hall–Kier alpha value is -2.25. The van der Waals surface area contributed by atoms with Gasteiger partial charge in [-0.2, -0.15) is 13.2 Å². The second kappa shape index (κ2) is 10.9. The maximum absolute atomic E-state index is 13.1. The Morgan fingerprint density at radius 3 is 2.23 bits per heavy atom. The van der Waals surface area contributed by atoms with Gasteiger partial charge in [-0.1, -0.05) is 48.3 Å². The molecule has 2 aromatic carbocycles. The normalized spacial score (nSPS) is 13.4. The molecule has 0 radical (unpaired) electrons. The standard InChI is InChI=1S/C22H22Cl2F3NO3/c1-3-13(11-20(29)31-2)15-6-9-18(24)19(10-15)28-21(30)17(12-22(25,26)27)14-4-7-16(23)8-5-14/h4-10,13,17H,3,11-12H2,1-2H3,(H,28,30)/t13?,17-/m0/s1. The molecular formula is C22H22Cl2F3NO3. The van der Waals surface area contributed by atoms with E-state index in [0.717, 1.165) is 0 Å². The molecule has 2 aromatic rings. The summed E-state index contributed by atoms with van der Waals surface area (Å²) in [4.78, 5) is 24.5. The zero-order valence-electron chi connectivity index (χ0n) is 16.9. The number of nitrogens with one attached hydrogen (secondary N) is 1. The first-order valence-corrected chi connectivity index (χ1v) is 10.3. The molecule has 1 unspecified atom stereocenters. The van der Waals surface area contributed by atoms with E-state index in [1.165, 1.54) is 37.4 Å². The molecule has 0 bridgehead atoms. The van der Waals surface area contributed by atoms with Gasteiger partial charge < -0.3 is 10.1 Å². The first-order valence-electron chi connectivity index (χ1n) is 9.53. The van der Waals surface area contributed by atoms with E-state index in [1.54, 1.807) is 12.1 Å². The number of benzene rings is 2. The molecule has 0 aliphatic carbocycles. The number of hydrogen-bond acceptors (Lipinski definition) is 3. The summed E-state index contributed by atoms with van der Waals surface area (Å²) in [7, 11) is 1.29. The largest absolute Gasteiger partial charge is 0.469 e. The predicted octanol–water partition coefficient (Wildman–Crippen LogP) is 6.72. The fraction of sp³-hybridized carbons (Fsp3) is 0.364. The lowest BCUT2D eigenvalue weighted by atomic mass is 9.92. The number of halogens is 5. The molecule has 0 aliphatic rings. The van der Waals surface area contributed by atoms with E-state index in [9.17, 15) is 22.8 Å². The first-order chi connectivity index (χ1) is 14.5. The van der Waals surface area contributed by atoms with E-state index in [-0.39, 0.29) is 34.6 Å². The maximum Gasteiger partial charge on any atom is 0.390 e. The van der Waals surface area contributed by atoms with Crippen molar-refractivity contribution in [2.24, 2.45) is 0 Å². The van der Waals surface area contributed by atoms with Gasteiger partial charge in [-0.3, -0.25) is 9.59 Å². The van der Waals surface area contributed by atoms with Gasteiger partial charge in [0, 0.05) is 5.02 Å². The van der Waals surface area contributed by atoms with E-state index in [0.29, 0.717) is 17.0 Å². The minimum Gasteiger partial charge on any atom is -0.469 e. The summed E-state index contributed by atoms with van der Waals surface area (Å²) in [6, 6.07) is 10.5. The van der Waals surface area contributed by atoms with Crippen LogP contribution in [-0.4, -0.2) is 25.2 Å². The third-order valence-electron chi connectivity index (χ3n) is 4.88. The zero-order valence-corrected chi connectivity index (χ0v) is 18.4. The molecule has 0 heterocycles. The van der Waals surface area contributed by atoms with Crippen LogP contribution in [0.4, 0.5) is 18.9 Å². The van der Waals surface area contributed by atoms with Crippen molar-refractivity contribution in [1.82, 2.24) is 0 Å². The van der Waals surface area contributed by atoms with Crippen LogP contribution in [0, 0.1) is 0 Å². The SMILES string of the molecule is CCC(CC(=O)OC)c1ccc(Cl)c(NC(=O)[C@@H](CC(F)(F)F)c2ccc(Cl)cc2)c1. The molecule has 4 nitrogen and oxygen atoms in total. The summed E-state index contributed by atoms with van der Waals surface area (Å²) < 4.78 is 44.1. The fourth-order valence-corrected chi connectivity index (χ4v) is 3.47. The minimum absolute atomic E-state index is 0.128. The van der Waals surface area contributed by atoms with E-state index in [2.05, 4.69) is 5.32 Å². The monoisotopic (exact) mass is 475 g/mol. The van der Waals surface area contributed by atoms with Crippen LogP contribution in [-0.2, 0) is 14.3 Å². The number of anilines is 1. The average Bonchev–Trinajstić information content (AvgIpc) is 2.71. The molecule has 0 aliphatic heterocycles. The number of rotatable bonds is 8. The van der Waals surface area contributed by atoms with Gasteiger partial charge in [0.1, 0.15) is 0 Å². The molecule has 2 rings (SSSR count). The average molecular weight is 476 g/mol. The van der Waals surface area contributed by atoms with Gasteiger partial charge in [-0.25, -0.2) is 0 Å². The second-order valence-corrected chi connectivity index (χ2v) is 7.88. The molecule has 1 N–H and O–H groups in total. The van der Waals surface area contributed by atoms with Crippen molar-refractivity contribution in [3.05, 3.63) is 63.6 Å². The quantitative estimate of drug-likeness (QED) is 0.430. The summed E-state index contributed by atoms with van der Waals surface area (Å²) in [6.07, 6.45) is -5.14. The number of esters is 1. The van der Waals surface area contributed by atoms with Crippen molar-refractivity contribution in [3.63, 3.8) is 0 Å². The number of ether oxygens (including phenoxy) is 1. The molecule has 1 amide bonds. The Morgan fingerprint density at radius 2 is 1.68 bits per heavy atom. The van der Waals surface area contributed by atoms with Crippen LogP contribution in [0.15, 0.2) is 42.5 Å². The van der Waals surface area contributed by atoms with E-state index >= 15 is 0 Å². The summed E-state index contributed by atoms with van der Waals surface area (Å²) in [5, 5.41) is 3.03. The Balaban J connectivity index is 2.31. The molecule has 0 saturated heterocycles. The Labute approximate surface area is 188 Å². The van der Waals surface area contributed by atoms with Crippen LogP contribution in [0.3, 0.4) is 0 Å². The zero-order chi connectivity index (χ0) is 23.2. The van der Waals surface area contributed by atoms with Gasteiger partial charge in [0.15, 0.2) is 0 Å². The molecule has 168 valence electrons. The minimum atomic E-state index is -4.55. The van der Waals surface area contributed by atoms with Crippen LogP contribution in [0.2, 0.25) is 10.0 Å². The maximum atomic E-state index is 13.1. The summed E-state index contributed by atoms with van der Waals surface area (Å²) in [5.41, 5.74) is 1.07. The summed E-state index contributed by atoms with van der Waals surface area (Å²) >= 11 is 12.0. The van der Waals surface area contributed by atoms with Gasteiger partial charge >= 0.3 is 12.1 Å². The van der Waals surface area contributed by atoms with Crippen LogP contribution in [0.25, 0.3) is 0 Å². The van der Waals surface area contributed by atoms with Crippen molar-refractivity contribution in [1.29, 1.82) is 0 Å². The third kappa shape index (κ3) is 7.43. The summed E-state index contributed by atoms with van der Waals surface area (Å²) in [5.74, 6) is -2.91. The lowest BCUT2D eigenvalue weighted by Crippen LogP contribution is -2.26. The number of hydrogen-bond donors (Lipinski definition) is 1. The van der Waals surface area contributed by atoms with Crippen molar-refractivity contribution in [2.75, 3.05) is 12.4 Å². The van der Waals surface area contributed by atoms with Crippen molar-refractivity contribution >= 4 is 40.8 Å². The molecule has 0 spiro atoms. The number of amides is 1. The molecule has 0 saturated carbocycles. The predicted molar refractivity (Wildman–Crippen MR) is 115 cm³/mol. The Kier molecular flexibility index (Phi) is 8.77. The molecule has 31 heavy (non-hydrogen) atoms. The van der Waals surface area contributed by atoms with Gasteiger partial charge in [0.2, 0.25) is 5.91 Å². The summed E-state index contributed by atoms with van der Waals surface area (Å²) in [6.45, 7) is 1.89. The highest BCUT2D eigenvalue weighted by Gasteiger charge is 2.36. The van der Waals surface area contributed by atoms with E-state index < -0.39 is 24.4 Å². The second-order valence-electron chi connectivity index (χ2n) is 7.04. The van der Waals surface area contributed by atoms with Gasteiger partial charge in [0.05, 0.1) is 36.6 Å². The third-order valence-corrected chi connectivity index (χ3v) is 5.46. The first kappa shape index (κ1) is 25.0. The number of methoxy groups -OCH3 is 1. The molecule has 9 heteroatoms. The lowest BCUT2D eigenvalue weighted by Gasteiger charge is -2.21. The number of alkyl halides is 3. The molecule has 0 fully saturated rings. The Morgan fingerprint density at radius 1 is 1.06 bits per heavy atom. The highest BCUT2D eigenvalue weighted by molar-refractivity contribution is 6.33. The Bertz CT molecular complexity index is 917. The molecular weight excluding hydrogens is 454 g/mol. The van der Waals surface area contributed by atoms with Crippen molar-refractivity contribution in [3.8, 4) is 0 Å². The highest BCUT2D eigenvalue weighted by atomic mass is 35.5. The lowest BCUT2D eigenvalue weighted by molar-refractivity contribution is -0.146. The van der Waals surface area contributed by atoms with E-state index in [1.807, 2.05) is 6.92 Å². The number of carbonyl (C=O) groups excluding carboxylic acids is 2. The molecule has 0 aromatic heterocycles. The smallest absolute Gasteiger partial charge is 0.390 e. The van der Waals surface area contributed by atoms with Crippen molar-refractivity contribution < 1.29 is 27.5 Å². The van der Waals surface area contributed by atoms with Crippen LogP contribution in [0.1, 0.15) is 49.1 Å². The topological polar surface area (TPSA) is 55.4 Å². The highest BCUT2D eigenvalue weighted by Crippen LogP contribution is 2.35. The van der Waals surface area contributed by atoms with E-state index in [4.69, 9.17) is 27.9 Å². The molecule has 2 atom stereocenters. The van der Waals surface area contributed by atoms with Crippen LogP contribution >= 0.6 is 23.2 Å². The van der Waals surface area contributed by atoms with Gasteiger partial charge in [0.25, 0.3) is 0 Å². The number of carbonyl (C=O) groups is 2. The van der Waals surface area contributed by atoms with Crippen LogP contribution in [0.5, 0.6) is 0 Å². The van der Waals surface area contributed by atoms with Gasteiger partial charge in [-0.15, -0.1) is 0 Å².